The van der Waals surface area contributed by atoms with Crippen molar-refractivity contribution < 1.29 is 0 Å². The Bertz CT molecular complexity index is 833. The van der Waals surface area contributed by atoms with Crippen molar-refractivity contribution in [2.45, 2.75) is 6.92 Å². The Morgan fingerprint density at radius 3 is 2.63 bits per heavy atom. The molecule has 0 bridgehead atoms. The maximum absolute atomic E-state index is 5.45. The molecule has 3 rings (SSSR count). The number of H-pyrrole nitrogens is 1. The fourth-order valence-corrected chi connectivity index (χ4v) is 3.65. The van der Waals surface area contributed by atoms with E-state index in [1.54, 1.807) is 0 Å². The monoisotopic (exact) mass is 396 g/mol. The first-order valence-corrected chi connectivity index (χ1v) is 7.72. The number of hydrogen-bond acceptors (Lipinski definition) is 1. The highest BCUT2D eigenvalue weighted by Crippen LogP contribution is 2.28. The third-order valence-corrected chi connectivity index (χ3v) is 4.40. The molecular formula is C14H10Br2N2S. The number of nitrogens with one attached hydrogen (secondary N) is 1. The molecule has 2 nitrogen and oxygen atoms in total. The Balaban J connectivity index is 2.38. The summed E-state index contributed by atoms with van der Waals surface area (Å²) in [5.41, 5.74) is 4.38. The molecule has 1 N–H and O–H groups in total. The zero-order chi connectivity index (χ0) is 13.6. The van der Waals surface area contributed by atoms with Crippen molar-refractivity contribution >= 4 is 55.1 Å². The number of aryl methyl sites for hydroxylation is 1. The topological polar surface area (TPSA) is 20.7 Å². The molecule has 19 heavy (non-hydrogen) atoms. The van der Waals surface area contributed by atoms with Crippen molar-refractivity contribution in [1.82, 2.24) is 9.55 Å². The average Bonchev–Trinajstić information content (AvgIpc) is 2.65. The van der Waals surface area contributed by atoms with Crippen LogP contribution in [0.4, 0.5) is 0 Å². The van der Waals surface area contributed by atoms with Gasteiger partial charge in [0.25, 0.3) is 0 Å². The number of fused-ring (bicyclic) bond motifs is 1. The Morgan fingerprint density at radius 1 is 1.11 bits per heavy atom. The fraction of sp³-hybridized carbons (Fsp3) is 0.0714. The van der Waals surface area contributed by atoms with Crippen LogP contribution in [0.2, 0.25) is 0 Å². The average molecular weight is 398 g/mol. The van der Waals surface area contributed by atoms with E-state index < -0.39 is 0 Å². The van der Waals surface area contributed by atoms with Crippen molar-refractivity contribution in [2.24, 2.45) is 0 Å². The molecular weight excluding hydrogens is 388 g/mol. The molecule has 0 spiro atoms. The second-order valence-electron chi connectivity index (χ2n) is 4.38. The summed E-state index contributed by atoms with van der Waals surface area (Å²) in [5.74, 6) is 0. The van der Waals surface area contributed by atoms with Gasteiger partial charge in [0.2, 0.25) is 0 Å². The third-order valence-electron chi connectivity index (χ3n) is 2.99. The zero-order valence-electron chi connectivity index (χ0n) is 10.1. The lowest BCUT2D eigenvalue weighted by atomic mass is 10.2. The molecule has 1 heterocycles. The normalized spacial score (nSPS) is 11.1. The van der Waals surface area contributed by atoms with E-state index in [-0.39, 0.29) is 0 Å². The predicted molar refractivity (Wildman–Crippen MR) is 88.6 cm³/mol. The molecule has 0 saturated carbocycles. The highest BCUT2D eigenvalue weighted by atomic mass is 79.9. The maximum Gasteiger partial charge on any atom is 0.182 e. The Hall–Kier alpha value is -0.910. The lowest BCUT2D eigenvalue weighted by molar-refractivity contribution is 1.06. The fourth-order valence-electron chi connectivity index (χ4n) is 2.11. The first kappa shape index (κ1) is 13.1. The lowest BCUT2D eigenvalue weighted by Gasteiger charge is -2.08. The van der Waals surface area contributed by atoms with Gasteiger partial charge < -0.3 is 4.98 Å². The number of benzene rings is 2. The first-order valence-electron chi connectivity index (χ1n) is 5.73. The van der Waals surface area contributed by atoms with Crippen LogP contribution in [-0.4, -0.2) is 9.55 Å². The van der Waals surface area contributed by atoms with Gasteiger partial charge in [0.05, 0.1) is 16.7 Å². The highest BCUT2D eigenvalue weighted by Gasteiger charge is 2.09. The largest absolute Gasteiger partial charge is 0.330 e. The summed E-state index contributed by atoms with van der Waals surface area (Å²) in [6.07, 6.45) is 0. The lowest BCUT2D eigenvalue weighted by Crippen LogP contribution is -1.95. The molecule has 0 saturated heterocycles. The summed E-state index contributed by atoms with van der Waals surface area (Å²) in [5, 5.41) is 0. The summed E-state index contributed by atoms with van der Waals surface area (Å²) in [4.78, 5) is 3.24. The highest BCUT2D eigenvalue weighted by molar-refractivity contribution is 9.11. The zero-order valence-corrected chi connectivity index (χ0v) is 14.1. The molecule has 0 unspecified atom stereocenters. The molecule has 96 valence electrons. The molecule has 2 aromatic carbocycles. The third kappa shape index (κ3) is 2.30. The van der Waals surface area contributed by atoms with Gasteiger partial charge >= 0.3 is 0 Å². The van der Waals surface area contributed by atoms with E-state index in [4.69, 9.17) is 12.2 Å². The summed E-state index contributed by atoms with van der Waals surface area (Å²) in [7, 11) is 0. The molecule has 0 radical (unpaired) electrons. The van der Waals surface area contributed by atoms with E-state index >= 15 is 0 Å². The van der Waals surface area contributed by atoms with Gasteiger partial charge in [-0.05, 0) is 71.0 Å². The van der Waals surface area contributed by atoms with Crippen molar-refractivity contribution in [3.05, 3.63) is 55.7 Å². The van der Waals surface area contributed by atoms with Crippen LogP contribution in [-0.2, 0) is 0 Å². The Kier molecular flexibility index (Phi) is 3.37. The number of aromatic nitrogens is 2. The Morgan fingerprint density at radius 2 is 1.89 bits per heavy atom. The molecule has 5 heteroatoms. The molecule has 3 aromatic rings. The molecule has 0 aliphatic carbocycles. The van der Waals surface area contributed by atoms with Crippen molar-refractivity contribution in [2.75, 3.05) is 0 Å². The quantitative estimate of drug-likeness (QED) is 0.536. The van der Waals surface area contributed by atoms with E-state index in [9.17, 15) is 0 Å². The van der Waals surface area contributed by atoms with Gasteiger partial charge in [-0.2, -0.15) is 0 Å². The van der Waals surface area contributed by atoms with Crippen molar-refractivity contribution in [3.8, 4) is 5.69 Å². The van der Waals surface area contributed by atoms with Crippen LogP contribution in [0, 0.1) is 11.7 Å². The number of imidazole rings is 1. The van der Waals surface area contributed by atoms with E-state index in [0.29, 0.717) is 4.77 Å². The molecule has 0 atom stereocenters. The first-order chi connectivity index (χ1) is 9.06. The number of rotatable bonds is 1. The molecule has 0 aliphatic heterocycles. The van der Waals surface area contributed by atoms with Crippen molar-refractivity contribution in [1.29, 1.82) is 0 Å². The Labute approximate surface area is 132 Å². The molecule has 0 fully saturated rings. The minimum atomic E-state index is 0.698. The second-order valence-corrected chi connectivity index (χ2v) is 6.54. The number of hydrogen-bond donors (Lipinski definition) is 1. The van der Waals surface area contributed by atoms with Gasteiger partial charge in [0.15, 0.2) is 4.77 Å². The second kappa shape index (κ2) is 4.89. The minimum Gasteiger partial charge on any atom is -0.330 e. The van der Waals surface area contributed by atoms with Crippen LogP contribution < -0.4 is 0 Å². The maximum atomic E-state index is 5.45. The van der Waals surface area contributed by atoms with Crippen LogP contribution in [0.25, 0.3) is 16.7 Å². The minimum absolute atomic E-state index is 0.698. The van der Waals surface area contributed by atoms with Gasteiger partial charge in [0, 0.05) is 8.95 Å². The molecule has 0 amide bonds. The van der Waals surface area contributed by atoms with Gasteiger partial charge in [-0.25, -0.2) is 0 Å². The molecule has 1 aromatic heterocycles. The summed E-state index contributed by atoms with van der Waals surface area (Å²) in [6, 6.07) is 12.3. The van der Waals surface area contributed by atoms with Crippen LogP contribution in [0.3, 0.4) is 0 Å². The summed E-state index contributed by atoms with van der Waals surface area (Å²) < 4.78 is 4.78. The van der Waals surface area contributed by atoms with E-state index in [1.807, 2.05) is 22.8 Å². The van der Waals surface area contributed by atoms with Crippen LogP contribution >= 0.6 is 44.1 Å². The molecule has 0 aliphatic rings. The van der Waals surface area contributed by atoms with Gasteiger partial charge in [0.1, 0.15) is 0 Å². The van der Waals surface area contributed by atoms with E-state index in [0.717, 1.165) is 25.7 Å². The van der Waals surface area contributed by atoms with Crippen LogP contribution in [0.15, 0.2) is 45.3 Å². The number of nitrogens with zero attached hydrogens (tertiary/aromatic N) is 1. The standard InChI is InChI=1S/C14H10Br2N2S/c1-8-2-4-11-13(6-8)18(14(19)17-11)12-5-3-9(15)7-10(12)16/h2-7H,1H3,(H,17,19). The van der Waals surface area contributed by atoms with Gasteiger partial charge in [-0.3, -0.25) is 4.57 Å². The number of halogens is 2. The SMILES string of the molecule is Cc1ccc2[nH]c(=S)n(-c3ccc(Br)cc3Br)c2c1. The van der Waals surface area contributed by atoms with Gasteiger partial charge in [-0.15, -0.1) is 0 Å². The van der Waals surface area contributed by atoms with Crippen LogP contribution in [0.5, 0.6) is 0 Å². The van der Waals surface area contributed by atoms with Crippen molar-refractivity contribution in [3.63, 3.8) is 0 Å². The predicted octanol–water partition coefficient (Wildman–Crippen LogP) is 5.52. The smallest absolute Gasteiger partial charge is 0.182 e. The summed E-state index contributed by atoms with van der Waals surface area (Å²) in [6.45, 7) is 2.08. The van der Waals surface area contributed by atoms with E-state index in [2.05, 4.69) is 62.0 Å². The van der Waals surface area contributed by atoms with Crippen LogP contribution in [0.1, 0.15) is 5.56 Å². The number of aromatic amines is 1. The summed E-state index contributed by atoms with van der Waals surface area (Å²) >= 11 is 12.5. The van der Waals surface area contributed by atoms with E-state index in [1.165, 1.54) is 5.56 Å². The van der Waals surface area contributed by atoms with Gasteiger partial charge in [-0.1, -0.05) is 22.0 Å².